The molecule has 0 atom stereocenters. The number of hydrogen-bond acceptors (Lipinski definition) is 3. The second kappa shape index (κ2) is 5.74. The van der Waals surface area contributed by atoms with Crippen LogP contribution in [0.25, 0.3) is 0 Å². The Balaban J connectivity index is 3.35. The number of hydrogen-bond donors (Lipinski definition) is 1. The van der Waals surface area contributed by atoms with Gasteiger partial charge in [-0.1, -0.05) is 18.5 Å². The third-order valence-electron chi connectivity index (χ3n) is 2.36. The molecule has 0 spiro atoms. The van der Waals surface area contributed by atoms with E-state index in [1.54, 1.807) is 0 Å². The molecule has 10 heteroatoms. The van der Waals surface area contributed by atoms with Gasteiger partial charge in [-0.15, -0.1) is 0 Å². The van der Waals surface area contributed by atoms with Crippen LogP contribution >= 0.6 is 11.6 Å². The Morgan fingerprint density at radius 1 is 1.35 bits per heavy atom. The molecule has 4 nitrogen and oxygen atoms in total. The summed E-state index contributed by atoms with van der Waals surface area (Å²) in [6, 6.07) is 1.69. The van der Waals surface area contributed by atoms with Crippen molar-refractivity contribution < 1.29 is 26.0 Å². The number of nitrogens with two attached hydrogens (primary N) is 1. The van der Waals surface area contributed by atoms with E-state index in [-0.39, 0.29) is 9.33 Å². The standard InChI is InChI=1S/C10H11ClF4N2O2S/c1-2-17(5-10(13,14)15)20(18,19)8-4-6(11)3-7(16)9(8)12/h3-4H,2,5,16H2,1H3. The first-order valence-electron chi connectivity index (χ1n) is 5.30. The molecule has 0 saturated heterocycles. The van der Waals surface area contributed by atoms with Gasteiger partial charge in [0.2, 0.25) is 10.0 Å². The zero-order chi connectivity index (χ0) is 15.7. The lowest BCUT2D eigenvalue weighted by atomic mass is 10.3. The smallest absolute Gasteiger partial charge is 0.396 e. The molecular weight excluding hydrogens is 324 g/mol. The zero-order valence-corrected chi connectivity index (χ0v) is 11.8. The van der Waals surface area contributed by atoms with Gasteiger partial charge >= 0.3 is 6.18 Å². The summed E-state index contributed by atoms with van der Waals surface area (Å²) in [6.45, 7) is -1.000. The molecule has 20 heavy (non-hydrogen) atoms. The quantitative estimate of drug-likeness (QED) is 0.680. The SMILES string of the molecule is CCN(CC(F)(F)F)S(=O)(=O)c1cc(Cl)cc(N)c1F. The van der Waals surface area contributed by atoms with Crippen molar-refractivity contribution in [1.82, 2.24) is 4.31 Å². The molecule has 1 rings (SSSR count). The normalized spacial score (nSPS) is 12.9. The van der Waals surface area contributed by atoms with Crippen LogP contribution in [-0.2, 0) is 10.0 Å². The average molecular weight is 335 g/mol. The van der Waals surface area contributed by atoms with Crippen LogP contribution in [0.2, 0.25) is 5.02 Å². The zero-order valence-electron chi connectivity index (χ0n) is 10.2. The van der Waals surface area contributed by atoms with Crippen molar-refractivity contribution in [2.75, 3.05) is 18.8 Å². The van der Waals surface area contributed by atoms with Crippen molar-refractivity contribution in [3.63, 3.8) is 0 Å². The summed E-state index contributed by atoms with van der Waals surface area (Å²) in [5.41, 5.74) is 4.67. The molecule has 0 amide bonds. The van der Waals surface area contributed by atoms with E-state index in [1.165, 1.54) is 6.92 Å². The molecular formula is C10H11ClF4N2O2S. The molecule has 0 unspecified atom stereocenters. The summed E-state index contributed by atoms with van der Waals surface area (Å²) in [5, 5.41) is -0.189. The monoisotopic (exact) mass is 334 g/mol. The largest absolute Gasteiger partial charge is 0.402 e. The molecule has 1 aromatic rings. The van der Waals surface area contributed by atoms with Gasteiger partial charge in [0.15, 0.2) is 5.82 Å². The Labute approximate surface area is 118 Å². The van der Waals surface area contributed by atoms with Crippen LogP contribution in [0.1, 0.15) is 6.92 Å². The van der Waals surface area contributed by atoms with Crippen LogP contribution in [0.4, 0.5) is 23.2 Å². The maximum atomic E-state index is 13.7. The van der Waals surface area contributed by atoms with Crippen LogP contribution in [-0.4, -0.2) is 32.0 Å². The van der Waals surface area contributed by atoms with Gasteiger partial charge in [-0.3, -0.25) is 0 Å². The summed E-state index contributed by atoms with van der Waals surface area (Å²) in [6.07, 6.45) is -4.75. The minimum Gasteiger partial charge on any atom is -0.396 e. The Morgan fingerprint density at radius 2 is 1.90 bits per heavy atom. The maximum absolute atomic E-state index is 13.7. The second-order valence-electron chi connectivity index (χ2n) is 3.85. The van der Waals surface area contributed by atoms with Crippen LogP contribution in [0.5, 0.6) is 0 Å². The predicted molar refractivity (Wildman–Crippen MR) is 66.3 cm³/mol. The van der Waals surface area contributed by atoms with E-state index in [4.69, 9.17) is 17.3 Å². The Bertz CT molecular complexity index is 604. The minimum absolute atomic E-state index is 0.0984. The van der Waals surface area contributed by atoms with Gasteiger partial charge < -0.3 is 5.73 Å². The maximum Gasteiger partial charge on any atom is 0.402 e. The van der Waals surface area contributed by atoms with Crippen molar-refractivity contribution in [3.05, 3.63) is 23.0 Å². The number of nitrogens with zero attached hydrogens (tertiary/aromatic N) is 1. The third kappa shape index (κ3) is 3.74. The van der Waals surface area contributed by atoms with Crippen molar-refractivity contribution in [2.45, 2.75) is 18.0 Å². The molecule has 0 fully saturated rings. The fraction of sp³-hybridized carbons (Fsp3) is 0.400. The van der Waals surface area contributed by atoms with E-state index < -0.39 is 45.7 Å². The lowest BCUT2D eigenvalue weighted by Crippen LogP contribution is -2.39. The molecule has 114 valence electrons. The predicted octanol–water partition coefficient (Wildman–Crippen LogP) is 2.63. The van der Waals surface area contributed by atoms with Crippen LogP contribution < -0.4 is 5.73 Å². The number of anilines is 1. The molecule has 0 aliphatic carbocycles. The van der Waals surface area contributed by atoms with Gasteiger partial charge in [-0.05, 0) is 12.1 Å². The molecule has 0 radical (unpaired) electrons. The van der Waals surface area contributed by atoms with Crippen LogP contribution in [0, 0.1) is 5.82 Å². The van der Waals surface area contributed by atoms with Gasteiger partial charge in [0.25, 0.3) is 0 Å². The fourth-order valence-corrected chi connectivity index (χ4v) is 3.32. The average Bonchev–Trinajstić information content (AvgIpc) is 2.29. The minimum atomic E-state index is -4.75. The van der Waals surface area contributed by atoms with Crippen molar-refractivity contribution in [1.29, 1.82) is 0 Å². The first-order chi connectivity index (χ1) is 8.99. The highest BCUT2D eigenvalue weighted by Gasteiger charge is 2.37. The first-order valence-corrected chi connectivity index (χ1v) is 7.12. The van der Waals surface area contributed by atoms with Gasteiger partial charge in [-0.2, -0.15) is 17.5 Å². The highest BCUT2D eigenvalue weighted by Crippen LogP contribution is 2.29. The number of rotatable bonds is 4. The lowest BCUT2D eigenvalue weighted by Gasteiger charge is -2.22. The summed E-state index contributed by atoms with van der Waals surface area (Å²) in [4.78, 5) is -0.978. The van der Waals surface area contributed by atoms with Crippen LogP contribution in [0.3, 0.4) is 0 Å². The Kier molecular flexibility index (Phi) is 4.88. The highest BCUT2D eigenvalue weighted by molar-refractivity contribution is 7.89. The van der Waals surface area contributed by atoms with Gasteiger partial charge in [-0.25, -0.2) is 12.8 Å². The van der Waals surface area contributed by atoms with E-state index >= 15 is 0 Å². The highest BCUT2D eigenvalue weighted by atomic mass is 35.5. The number of sulfonamides is 1. The summed E-state index contributed by atoms with van der Waals surface area (Å²) < 4.78 is 75.0. The first kappa shape index (κ1) is 17.0. The summed E-state index contributed by atoms with van der Waals surface area (Å²) in [7, 11) is -4.69. The molecule has 0 aliphatic heterocycles. The summed E-state index contributed by atoms with van der Waals surface area (Å²) >= 11 is 5.56. The van der Waals surface area contributed by atoms with E-state index in [9.17, 15) is 26.0 Å². The molecule has 0 heterocycles. The third-order valence-corrected chi connectivity index (χ3v) is 4.50. The van der Waals surface area contributed by atoms with Gasteiger partial charge in [0.05, 0.1) is 5.69 Å². The fourth-order valence-electron chi connectivity index (χ4n) is 1.48. The van der Waals surface area contributed by atoms with Crippen LogP contribution in [0.15, 0.2) is 17.0 Å². The molecule has 0 aliphatic rings. The van der Waals surface area contributed by atoms with Crippen molar-refractivity contribution in [2.24, 2.45) is 0 Å². The Hall–Kier alpha value is -1.06. The lowest BCUT2D eigenvalue weighted by molar-refractivity contribution is -0.135. The number of nitrogen functional groups attached to an aromatic ring is 1. The molecule has 0 aromatic heterocycles. The molecule has 1 aromatic carbocycles. The number of halogens is 5. The number of alkyl halides is 3. The van der Waals surface area contributed by atoms with E-state index in [0.29, 0.717) is 0 Å². The van der Waals surface area contributed by atoms with E-state index in [0.717, 1.165) is 12.1 Å². The van der Waals surface area contributed by atoms with E-state index in [1.807, 2.05) is 0 Å². The Morgan fingerprint density at radius 3 is 2.35 bits per heavy atom. The molecule has 0 saturated carbocycles. The molecule has 2 N–H and O–H groups in total. The van der Waals surface area contributed by atoms with Crippen molar-refractivity contribution >= 4 is 27.3 Å². The number of benzene rings is 1. The molecule has 0 bridgehead atoms. The topological polar surface area (TPSA) is 63.4 Å². The van der Waals surface area contributed by atoms with Gasteiger partial charge in [0, 0.05) is 11.6 Å². The van der Waals surface area contributed by atoms with E-state index in [2.05, 4.69) is 0 Å². The van der Waals surface area contributed by atoms with Crippen molar-refractivity contribution in [3.8, 4) is 0 Å². The summed E-state index contributed by atoms with van der Waals surface area (Å²) in [5.74, 6) is -1.32. The van der Waals surface area contributed by atoms with Gasteiger partial charge in [0.1, 0.15) is 11.4 Å². The second-order valence-corrected chi connectivity index (χ2v) is 6.20.